The summed E-state index contributed by atoms with van der Waals surface area (Å²) in [7, 11) is 0. The van der Waals surface area contributed by atoms with Gasteiger partial charge in [0.15, 0.2) is 11.0 Å². The van der Waals surface area contributed by atoms with Gasteiger partial charge in [-0.2, -0.15) is 0 Å². The zero-order valence-corrected chi connectivity index (χ0v) is 17.1. The fourth-order valence-corrected chi connectivity index (χ4v) is 3.81. The quantitative estimate of drug-likeness (QED) is 0.650. The Labute approximate surface area is 164 Å². The van der Waals surface area contributed by atoms with Crippen LogP contribution in [-0.4, -0.2) is 29.8 Å². The Morgan fingerprint density at radius 2 is 1.92 bits per heavy atom. The number of anilines is 1. The minimum atomic E-state index is 0. The van der Waals surface area contributed by atoms with Gasteiger partial charge >= 0.3 is 0 Å². The molecule has 132 valence electrons. The van der Waals surface area contributed by atoms with Crippen LogP contribution in [0.4, 0.5) is 5.69 Å². The monoisotopic (exact) mass is 418 g/mol. The van der Waals surface area contributed by atoms with Gasteiger partial charge < -0.3 is 4.90 Å². The number of nitrogens with zero attached hydrogens (tertiary/aromatic N) is 2. The van der Waals surface area contributed by atoms with E-state index < -0.39 is 0 Å². The fourth-order valence-electron chi connectivity index (χ4n) is 2.84. The molecule has 0 amide bonds. The van der Waals surface area contributed by atoms with Crippen LogP contribution in [0.5, 0.6) is 0 Å². The molecule has 25 heavy (non-hydrogen) atoms. The van der Waals surface area contributed by atoms with Crippen LogP contribution in [0.2, 0.25) is 0 Å². The molecule has 1 heterocycles. The summed E-state index contributed by atoms with van der Waals surface area (Å²) in [4.78, 5) is 19.6. The predicted molar refractivity (Wildman–Crippen MR) is 114 cm³/mol. The van der Waals surface area contributed by atoms with Gasteiger partial charge in [0.25, 0.3) is 0 Å². The molecule has 1 aliphatic heterocycles. The molecule has 0 aliphatic carbocycles. The largest absolute Gasteiger partial charge is 0.313 e. The second kappa shape index (κ2) is 9.20. The summed E-state index contributed by atoms with van der Waals surface area (Å²) < 4.78 is 0. The van der Waals surface area contributed by atoms with E-state index in [9.17, 15) is 4.79 Å². The molecular weight excluding hydrogens is 396 g/mol. The summed E-state index contributed by atoms with van der Waals surface area (Å²) in [5.41, 5.74) is 4.02. The number of thioether (sulfide) groups is 1. The average molecular weight is 419 g/mol. The Balaban J connectivity index is 0.00000225. The third-order valence-corrected chi connectivity index (χ3v) is 5.16. The Hall–Kier alpha value is -1.59. The van der Waals surface area contributed by atoms with E-state index in [0.29, 0.717) is 6.54 Å². The number of Topliss-reactive ketones (excluding diaryl/α,β-unsaturated/α-hetero) is 1. The van der Waals surface area contributed by atoms with E-state index in [2.05, 4.69) is 11.1 Å². The van der Waals surface area contributed by atoms with Crippen LogP contribution in [-0.2, 0) is 0 Å². The summed E-state index contributed by atoms with van der Waals surface area (Å²) in [5.74, 6) is 1.19. The van der Waals surface area contributed by atoms with Crippen molar-refractivity contribution in [3.63, 3.8) is 0 Å². The molecule has 2 aromatic rings. The van der Waals surface area contributed by atoms with Gasteiger partial charge in [-0.15, -0.1) is 17.0 Å². The maximum Gasteiger partial charge on any atom is 0.182 e. The number of carbonyl (C=O) groups is 1. The summed E-state index contributed by atoms with van der Waals surface area (Å²) in [6.45, 7) is 5.20. The molecule has 5 heteroatoms. The maximum absolute atomic E-state index is 12.9. The van der Waals surface area contributed by atoms with Crippen molar-refractivity contribution in [2.75, 3.05) is 23.7 Å². The molecule has 3 rings (SSSR count). The lowest BCUT2D eigenvalue weighted by Gasteiger charge is -2.27. The normalized spacial score (nSPS) is 13.6. The van der Waals surface area contributed by atoms with Crippen molar-refractivity contribution in [2.24, 2.45) is 4.99 Å². The van der Waals surface area contributed by atoms with Crippen LogP contribution in [0, 0.1) is 13.8 Å². The number of amidine groups is 1. The van der Waals surface area contributed by atoms with Crippen molar-refractivity contribution in [3.8, 4) is 0 Å². The number of carbonyl (C=O) groups excluding carboxylic acids is 1. The number of hydrogen-bond donors (Lipinski definition) is 0. The second-order valence-electron chi connectivity index (χ2n) is 6.03. The molecule has 0 spiro atoms. The molecule has 0 aromatic heterocycles. The number of para-hydroxylation sites is 1. The third kappa shape index (κ3) is 4.95. The van der Waals surface area contributed by atoms with Gasteiger partial charge in [-0.3, -0.25) is 9.79 Å². The van der Waals surface area contributed by atoms with Crippen LogP contribution < -0.4 is 4.90 Å². The highest BCUT2D eigenvalue weighted by Crippen LogP contribution is 2.23. The molecule has 0 fully saturated rings. The van der Waals surface area contributed by atoms with Gasteiger partial charge in [0, 0.05) is 23.5 Å². The molecule has 0 bridgehead atoms. The highest BCUT2D eigenvalue weighted by molar-refractivity contribution is 8.93. The Morgan fingerprint density at radius 1 is 1.16 bits per heavy atom. The molecule has 0 radical (unpaired) electrons. The van der Waals surface area contributed by atoms with Gasteiger partial charge in [-0.1, -0.05) is 53.7 Å². The van der Waals surface area contributed by atoms with E-state index >= 15 is 0 Å². The van der Waals surface area contributed by atoms with Crippen molar-refractivity contribution in [1.82, 2.24) is 0 Å². The molecule has 1 aliphatic rings. The number of aliphatic imine (C=N–C) groups is 1. The summed E-state index contributed by atoms with van der Waals surface area (Å²) in [6, 6.07) is 16.1. The molecule has 0 atom stereocenters. The Morgan fingerprint density at radius 3 is 2.56 bits per heavy atom. The first-order valence-electron chi connectivity index (χ1n) is 8.25. The highest BCUT2D eigenvalue weighted by atomic mass is 79.9. The number of aryl methyl sites for hydroxylation is 2. The van der Waals surface area contributed by atoms with Crippen LogP contribution in [0.25, 0.3) is 0 Å². The number of ketones is 1. The Bertz CT molecular complexity index is 762. The summed E-state index contributed by atoms with van der Waals surface area (Å²) >= 11 is 1.73. The second-order valence-corrected chi connectivity index (χ2v) is 7.09. The zero-order chi connectivity index (χ0) is 16.9. The van der Waals surface area contributed by atoms with E-state index in [0.717, 1.165) is 40.7 Å². The molecule has 0 N–H and O–H groups in total. The molecule has 0 saturated heterocycles. The average Bonchev–Trinajstić information content (AvgIpc) is 2.61. The van der Waals surface area contributed by atoms with Crippen molar-refractivity contribution < 1.29 is 4.79 Å². The summed E-state index contributed by atoms with van der Waals surface area (Å²) in [6.07, 6.45) is 1.10. The lowest BCUT2D eigenvalue weighted by Crippen LogP contribution is -2.35. The van der Waals surface area contributed by atoms with Gasteiger partial charge in [0.1, 0.15) is 0 Å². The van der Waals surface area contributed by atoms with Gasteiger partial charge in [0.2, 0.25) is 0 Å². The third-order valence-electron chi connectivity index (χ3n) is 4.06. The molecular formula is C20H23BrN2OS. The first-order valence-corrected chi connectivity index (χ1v) is 9.24. The first-order chi connectivity index (χ1) is 11.6. The van der Waals surface area contributed by atoms with Gasteiger partial charge in [-0.05, 0) is 38.0 Å². The van der Waals surface area contributed by atoms with Gasteiger partial charge in [-0.25, -0.2) is 0 Å². The molecule has 3 nitrogen and oxygen atoms in total. The first kappa shape index (κ1) is 19.7. The van der Waals surface area contributed by atoms with Crippen molar-refractivity contribution >= 4 is 45.4 Å². The van der Waals surface area contributed by atoms with Crippen LogP contribution in [0.15, 0.2) is 53.5 Å². The standard InChI is InChI=1S/C20H22N2OS.BrH/c1-15-9-10-18(16(2)13-15)19(23)14-22(17-7-4-3-5-8-17)20-21-11-6-12-24-20;/h3-5,7-10,13H,6,11-12,14H2,1-2H3;1H. The predicted octanol–water partition coefficient (Wildman–Crippen LogP) is 5.06. The van der Waals surface area contributed by atoms with Crippen molar-refractivity contribution in [3.05, 3.63) is 65.2 Å². The lowest BCUT2D eigenvalue weighted by molar-refractivity contribution is 0.100. The smallest absolute Gasteiger partial charge is 0.182 e. The van der Waals surface area contributed by atoms with E-state index in [1.165, 1.54) is 5.56 Å². The minimum absolute atomic E-state index is 0. The number of hydrogen-bond acceptors (Lipinski definition) is 4. The number of rotatable bonds is 4. The number of halogens is 1. The summed E-state index contributed by atoms with van der Waals surface area (Å²) in [5, 5.41) is 0.950. The lowest BCUT2D eigenvalue weighted by atomic mass is 10.0. The molecule has 0 saturated carbocycles. The SMILES string of the molecule is Br.Cc1ccc(C(=O)CN(C2=NCCCS2)c2ccccc2)c(C)c1. The maximum atomic E-state index is 12.9. The van der Waals surface area contributed by atoms with Crippen molar-refractivity contribution in [1.29, 1.82) is 0 Å². The van der Waals surface area contributed by atoms with Gasteiger partial charge in [0.05, 0.1) is 6.54 Å². The number of benzene rings is 2. The topological polar surface area (TPSA) is 32.7 Å². The zero-order valence-electron chi connectivity index (χ0n) is 14.6. The van der Waals surface area contributed by atoms with Crippen LogP contribution >= 0.6 is 28.7 Å². The van der Waals surface area contributed by atoms with E-state index in [1.54, 1.807) is 11.8 Å². The van der Waals surface area contributed by atoms with E-state index in [4.69, 9.17) is 0 Å². The van der Waals surface area contributed by atoms with Crippen LogP contribution in [0.3, 0.4) is 0 Å². The molecule has 2 aromatic carbocycles. The van der Waals surface area contributed by atoms with E-state index in [-0.39, 0.29) is 22.8 Å². The van der Waals surface area contributed by atoms with E-state index in [1.807, 2.05) is 61.2 Å². The molecule has 0 unspecified atom stereocenters. The minimum Gasteiger partial charge on any atom is -0.313 e. The Kier molecular flexibility index (Phi) is 7.26. The van der Waals surface area contributed by atoms with Crippen LogP contribution in [0.1, 0.15) is 27.9 Å². The highest BCUT2D eigenvalue weighted by Gasteiger charge is 2.21. The fraction of sp³-hybridized carbons (Fsp3) is 0.300. The van der Waals surface area contributed by atoms with Crippen molar-refractivity contribution in [2.45, 2.75) is 20.3 Å².